The highest BCUT2D eigenvalue weighted by atomic mass is 16.5. The predicted molar refractivity (Wildman–Crippen MR) is 96.6 cm³/mol. The number of hydrogen-bond donors (Lipinski definition) is 1. The summed E-state index contributed by atoms with van der Waals surface area (Å²) in [6.45, 7) is 2.61. The van der Waals surface area contributed by atoms with Gasteiger partial charge < -0.3 is 10.1 Å². The lowest BCUT2D eigenvalue weighted by Crippen LogP contribution is -2.23. The summed E-state index contributed by atoms with van der Waals surface area (Å²) in [5.74, 6) is 0.966. The third kappa shape index (κ3) is 2.52. The molecular formula is C21H19NO2. The van der Waals surface area contributed by atoms with Crippen LogP contribution in [0.3, 0.4) is 0 Å². The third-order valence-electron chi connectivity index (χ3n) is 4.56. The number of amides is 1. The Labute approximate surface area is 141 Å². The lowest BCUT2D eigenvalue weighted by atomic mass is 9.83. The van der Waals surface area contributed by atoms with Gasteiger partial charge in [0.05, 0.1) is 12.3 Å². The SMILES string of the molecule is CCOc1cccc(C2CC(=O)Nc3c2ccc2ccccc32)c1. The van der Waals surface area contributed by atoms with Gasteiger partial charge in [-0.1, -0.05) is 48.5 Å². The first-order valence-electron chi connectivity index (χ1n) is 8.30. The molecule has 3 heteroatoms. The molecule has 0 fully saturated rings. The Kier molecular flexibility index (Phi) is 3.69. The van der Waals surface area contributed by atoms with Crippen LogP contribution in [0.15, 0.2) is 60.7 Å². The van der Waals surface area contributed by atoms with Gasteiger partial charge in [-0.2, -0.15) is 0 Å². The molecule has 0 aromatic heterocycles. The van der Waals surface area contributed by atoms with Crippen LogP contribution in [0, 0.1) is 0 Å². The van der Waals surface area contributed by atoms with Crippen molar-refractivity contribution in [2.75, 3.05) is 11.9 Å². The molecule has 0 aliphatic carbocycles. The van der Waals surface area contributed by atoms with Crippen LogP contribution in [0.25, 0.3) is 10.8 Å². The zero-order chi connectivity index (χ0) is 16.5. The Hall–Kier alpha value is -2.81. The Balaban J connectivity index is 1.86. The summed E-state index contributed by atoms with van der Waals surface area (Å²) in [6.07, 6.45) is 0.459. The number of nitrogens with one attached hydrogen (secondary N) is 1. The Morgan fingerprint density at radius 2 is 1.96 bits per heavy atom. The first kappa shape index (κ1) is 14.8. The summed E-state index contributed by atoms with van der Waals surface area (Å²) >= 11 is 0. The minimum absolute atomic E-state index is 0.0544. The summed E-state index contributed by atoms with van der Waals surface area (Å²) in [6, 6.07) is 20.5. The number of carbonyl (C=O) groups is 1. The van der Waals surface area contributed by atoms with E-state index in [0.29, 0.717) is 13.0 Å². The normalized spacial score (nSPS) is 16.5. The molecule has 0 radical (unpaired) electrons. The van der Waals surface area contributed by atoms with Crippen molar-refractivity contribution in [2.24, 2.45) is 0 Å². The van der Waals surface area contributed by atoms with Gasteiger partial charge >= 0.3 is 0 Å². The Morgan fingerprint density at radius 1 is 1.08 bits per heavy atom. The van der Waals surface area contributed by atoms with E-state index in [1.807, 2.05) is 37.3 Å². The number of fused-ring (bicyclic) bond motifs is 3. The van der Waals surface area contributed by atoms with Crippen LogP contribution in [0.5, 0.6) is 5.75 Å². The zero-order valence-electron chi connectivity index (χ0n) is 13.6. The molecule has 3 aromatic carbocycles. The maximum absolute atomic E-state index is 12.3. The highest BCUT2D eigenvalue weighted by Gasteiger charge is 2.27. The maximum Gasteiger partial charge on any atom is 0.225 e. The maximum atomic E-state index is 12.3. The monoisotopic (exact) mass is 317 g/mol. The third-order valence-corrected chi connectivity index (χ3v) is 4.56. The first-order valence-corrected chi connectivity index (χ1v) is 8.30. The van der Waals surface area contributed by atoms with Crippen molar-refractivity contribution >= 4 is 22.4 Å². The molecule has 120 valence electrons. The van der Waals surface area contributed by atoms with Gasteiger partial charge in [0.1, 0.15) is 5.75 Å². The van der Waals surface area contributed by atoms with Gasteiger partial charge in [0.15, 0.2) is 0 Å². The summed E-state index contributed by atoms with van der Waals surface area (Å²) in [7, 11) is 0. The van der Waals surface area contributed by atoms with Crippen LogP contribution in [0.2, 0.25) is 0 Å². The fourth-order valence-electron chi connectivity index (χ4n) is 3.49. The van der Waals surface area contributed by atoms with Crippen LogP contribution in [-0.2, 0) is 4.79 Å². The number of hydrogen-bond acceptors (Lipinski definition) is 2. The largest absolute Gasteiger partial charge is 0.494 e. The second kappa shape index (κ2) is 6.00. The summed E-state index contributed by atoms with van der Waals surface area (Å²) in [5.41, 5.74) is 3.23. The molecule has 1 aliphatic rings. The summed E-state index contributed by atoms with van der Waals surface area (Å²) in [5, 5.41) is 5.30. The lowest BCUT2D eigenvalue weighted by molar-refractivity contribution is -0.116. The van der Waals surface area contributed by atoms with Gasteiger partial charge in [-0.3, -0.25) is 4.79 Å². The summed E-state index contributed by atoms with van der Waals surface area (Å²) < 4.78 is 5.62. The van der Waals surface area contributed by atoms with Crippen molar-refractivity contribution < 1.29 is 9.53 Å². The van der Waals surface area contributed by atoms with Crippen molar-refractivity contribution in [3.8, 4) is 5.75 Å². The number of rotatable bonds is 3. The van der Waals surface area contributed by atoms with Gasteiger partial charge in [0.25, 0.3) is 0 Å². The van der Waals surface area contributed by atoms with Crippen molar-refractivity contribution in [3.05, 3.63) is 71.8 Å². The molecule has 1 atom stereocenters. The van der Waals surface area contributed by atoms with Crippen LogP contribution in [0.4, 0.5) is 5.69 Å². The molecule has 4 rings (SSSR count). The Bertz CT molecular complexity index is 917. The number of carbonyl (C=O) groups excluding carboxylic acids is 1. The van der Waals surface area contributed by atoms with E-state index in [-0.39, 0.29) is 11.8 Å². The molecule has 0 bridgehead atoms. The van der Waals surface area contributed by atoms with E-state index in [1.165, 1.54) is 5.56 Å². The highest BCUT2D eigenvalue weighted by molar-refractivity contribution is 6.06. The van der Waals surface area contributed by atoms with E-state index in [0.717, 1.165) is 27.8 Å². The molecule has 24 heavy (non-hydrogen) atoms. The quantitative estimate of drug-likeness (QED) is 0.759. The molecule has 1 N–H and O–H groups in total. The first-order chi connectivity index (χ1) is 11.8. The van der Waals surface area contributed by atoms with E-state index in [1.54, 1.807) is 0 Å². The molecule has 1 unspecified atom stereocenters. The average Bonchev–Trinajstić information content (AvgIpc) is 2.61. The van der Waals surface area contributed by atoms with Gasteiger partial charge in [-0.15, -0.1) is 0 Å². The fourth-order valence-corrected chi connectivity index (χ4v) is 3.49. The molecule has 0 saturated heterocycles. The molecule has 1 aliphatic heterocycles. The molecule has 3 aromatic rings. The second-order valence-corrected chi connectivity index (χ2v) is 6.06. The fraction of sp³-hybridized carbons (Fsp3) is 0.190. The van der Waals surface area contributed by atoms with Crippen LogP contribution >= 0.6 is 0 Å². The molecule has 3 nitrogen and oxygen atoms in total. The second-order valence-electron chi connectivity index (χ2n) is 6.06. The lowest BCUT2D eigenvalue weighted by Gasteiger charge is -2.27. The molecular weight excluding hydrogens is 298 g/mol. The number of ether oxygens (including phenoxy) is 1. The standard InChI is InChI=1S/C21H19NO2/c1-2-24-16-8-5-7-15(12-16)19-13-20(23)22-21-17-9-4-3-6-14(17)10-11-18(19)21/h3-12,19H,2,13H2,1H3,(H,22,23). The van der Waals surface area contributed by atoms with E-state index < -0.39 is 0 Å². The predicted octanol–water partition coefficient (Wildman–Crippen LogP) is 4.71. The van der Waals surface area contributed by atoms with Crippen molar-refractivity contribution in [3.63, 3.8) is 0 Å². The van der Waals surface area contributed by atoms with E-state index >= 15 is 0 Å². The number of benzene rings is 3. The van der Waals surface area contributed by atoms with Crippen molar-refractivity contribution in [1.82, 2.24) is 0 Å². The molecule has 0 spiro atoms. The Morgan fingerprint density at radius 3 is 2.83 bits per heavy atom. The van der Waals surface area contributed by atoms with Crippen LogP contribution in [0.1, 0.15) is 30.4 Å². The molecule has 0 saturated carbocycles. The van der Waals surface area contributed by atoms with E-state index in [9.17, 15) is 4.79 Å². The van der Waals surface area contributed by atoms with Gasteiger partial charge in [0, 0.05) is 17.7 Å². The zero-order valence-corrected chi connectivity index (χ0v) is 13.6. The van der Waals surface area contributed by atoms with Crippen LogP contribution < -0.4 is 10.1 Å². The van der Waals surface area contributed by atoms with E-state index in [2.05, 4.69) is 35.6 Å². The summed E-state index contributed by atoms with van der Waals surface area (Å²) in [4.78, 5) is 12.3. The highest BCUT2D eigenvalue weighted by Crippen LogP contribution is 2.41. The smallest absolute Gasteiger partial charge is 0.225 e. The van der Waals surface area contributed by atoms with Gasteiger partial charge in [-0.25, -0.2) is 0 Å². The van der Waals surface area contributed by atoms with Gasteiger partial charge in [-0.05, 0) is 35.6 Å². The van der Waals surface area contributed by atoms with E-state index in [4.69, 9.17) is 4.74 Å². The topological polar surface area (TPSA) is 38.3 Å². The molecule has 1 amide bonds. The van der Waals surface area contributed by atoms with Crippen molar-refractivity contribution in [1.29, 1.82) is 0 Å². The minimum Gasteiger partial charge on any atom is -0.494 e. The average molecular weight is 317 g/mol. The molecule has 1 heterocycles. The van der Waals surface area contributed by atoms with Crippen LogP contribution in [-0.4, -0.2) is 12.5 Å². The minimum atomic E-state index is 0.0544. The van der Waals surface area contributed by atoms with Gasteiger partial charge in [0.2, 0.25) is 5.91 Å². The number of anilines is 1. The van der Waals surface area contributed by atoms with Crippen molar-refractivity contribution in [2.45, 2.75) is 19.3 Å².